The van der Waals surface area contributed by atoms with E-state index in [1.807, 2.05) is 11.3 Å². The molecule has 0 radical (unpaired) electrons. The highest BCUT2D eigenvalue weighted by molar-refractivity contribution is 9.10. The number of hydrogen-bond donors (Lipinski definition) is 0. The molecule has 0 aliphatic rings. The predicted molar refractivity (Wildman–Crippen MR) is 86.0 cm³/mol. The predicted octanol–water partition coefficient (Wildman–Crippen LogP) is 5.24. The third kappa shape index (κ3) is 3.43. The molecular weight excluding hydrogens is 374 g/mol. The second kappa shape index (κ2) is 6.31. The fourth-order valence-electron chi connectivity index (χ4n) is 1.83. The van der Waals surface area contributed by atoms with Crippen LogP contribution in [-0.2, 0) is 6.42 Å². The molecule has 0 amide bonds. The topological polar surface area (TPSA) is 12.9 Å². The summed E-state index contributed by atoms with van der Waals surface area (Å²) in [6, 6.07) is 8.57. The summed E-state index contributed by atoms with van der Waals surface area (Å²) in [4.78, 5) is 5.96. The van der Waals surface area contributed by atoms with Crippen LogP contribution < -0.4 is 0 Å². The molecule has 2 aromatic rings. The molecule has 0 saturated carbocycles. The molecule has 0 saturated heterocycles. The molecule has 4 heteroatoms. The van der Waals surface area contributed by atoms with Gasteiger partial charge in [-0.25, -0.2) is 4.98 Å². The van der Waals surface area contributed by atoms with Crippen LogP contribution in [0.5, 0.6) is 0 Å². The Morgan fingerprint density at radius 1 is 1.22 bits per heavy atom. The Morgan fingerprint density at radius 3 is 2.39 bits per heavy atom. The highest BCUT2D eigenvalue weighted by Crippen LogP contribution is 2.27. The summed E-state index contributed by atoms with van der Waals surface area (Å²) in [7, 11) is 0. The first-order valence-electron chi connectivity index (χ1n) is 5.84. The van der Waals surface area contributed by atoms with E-state index >= 15 is 0 Å². The van der Waals surface area contributed by atoms with Gasteiger partial charge in [0.2, 0.25) is 0 Å². The zero-order valence-electron chi connectivity index (χ0n) is 10.4. The maximum Gasteiger partial charge on any atom is 0.0937 e. The third-order valence-corrected chi connectivity index (χ3v) is 5.43. The molecule has 0 fully saturated rings. The van der Waals surface area contributed by atoms with Gasteiger partial charge in [0, 0.05) is 21.1 Å². The maximum atomic E-state index is 4.63. The molecule has 0 aliphatic carbocycles. The molecule has 0 spiro atoms. The summed E-state index contributed by atoms with van der Waals surface area (Å²) < 4.78 is 1.13. The van der Waals surface area contributed by atoms with Crippen molar-refractivity contribution < 1.29 is 0 Å². The van der Waals surface area contributed by atoms with Crippen molar-refractivity contribution in [3.8, 4) is 0 Å². The average molecular weight is 389 g/mol. The van der Waals surface area contributed by atoms with Gasteiger partial charge in [-0.15, -0.1) is 11.3 Å². The van der Waals surface area contributed by atoms with Gasteiger partial charge in [0.1, 0.15) is 0 Å². The summed E-state index contributed by atoms with van der Waals surface area (Å²) in [6.45, 7) is 4.22. The fourth-order valence-corrected chi connectivity index (χ4v) is 3.71. The van der Waals surface area contributed by atoms with Crippen molar-refractivity contribution in [2.45, 2.75) is 26.2 Å². The van der Waals surface area contributed by atoms with Crippen LogP contribution in [-0.4, -0.2) is 10.3 Å². The summed E-state index contributed by atoms with van der Waals surface area (Å²) in [5.74, 6) is 0.489. The van der Waals surface area contributed by atoms with Crippen LogP contribution in [0.3, 0.4) is 0 Å². The van der Waals surface area contributed by atoms with Gasteiger partial charge in [0.15, 0.2) is 0 Å². The molecular formula is C14H15Br2NS. The van der Waals surface area contributed by atoms with Crippen LogP contribution in [0.1, 0.15) is 27.1 Å². The number of benzene rings is 1. The SMILES string of the molecule is Cc1nc(CC(CBr)c2ccc(Br)cc2)sc1C. The van der Waals surface area contributed by atoms with E-state index in [1.165, 1.54) is 21.1 Å². The second-order valence-corrected chi connectivity index (χ2v) is 7.21. The van der Waals surface area contributed by atoms with Crippen molar-refractivity contribution in [3.05, 3.63) is 49.9 Å². The molecule has 2 rings (SSSR count). The number of nitrogens with zero attached hydrogens (tertiary/aromatic N) is 1. The van der Waals surface area contributed by atoms with Gasteiger partial charge in [-0.3, -0.25) is 0 Å². The van der Waals surface area contributed by atoms with E-state index < -0.39 is 0 Å². The van der Waals surface area contributed by atoms with Gasteiger partial charge in [-0.2, -0.15) is 0 Å². The van der Waals surface area contributed by atoms with E-state index in [1.54, 1.807) is 0 Å². The molecule has 0 aliphatic heterocycles. The molecule has 0 N–H and O–H groups in total. The Balaban J connectivity index is 2.16. The lowest BCUT2D eigenvalue weighted by Gasteiger charge is -2.13. The van der Waals surface area contributed by atoms with E-state index in [9.17, 15) is 0 Å². The molecule has 1 nitrogen and oxygen atoms in total. The number of halogens is 2. The number of hydrogen-bond acceptors (Lipinski definition) is 2. The molecule has 1 atom stereocenters. The van der Waals surface area contributed by atoms with Crippen LogP contribution in [0.2, 0.25) is 0 Å². The Morgan fingerprint density at radius 2 is 1.89 bits per heavy atom. The van der Waals surface area contributed by atoms with E-state index in [4.69, 9.17) is 0 Å². The Hall–Kier alpha value is -0.190. The van der Waals surface area contributed by atoms with Crippen LogP contribution in [0.4, 0.5) is 0 Å². The normalized spacial score (nSPS) is 12.7. The monoisotopic (exact) mass is 387 g/mol. The van der Waals surface area contributed by atoms with Crippen molar-refractivity contribution in [2.75, 3.05) is 5.33 Å². The van der Waals surface area contributed by atoms with E-state index in [2.05, 4.69) is 75.0 Å². The Labute approximate surface area is 129 Å². The van der Waals surface area contributed by atoms with Gasteiger partial charge in [0.25, 0.3) is 0 Å². The van der Waals surface area contributed by atoms with E-state index in [0.717, 1.165) is 16.2 Å². The highest BCUT2D eigenvalue weighted by Gasteiger charge is 2.14. The van der Waals surface area contributed by atoms with Crippen LogP contribution >= 0.6 is 43.2 Å². The number of alkyl halides is 1. The highest BCUT2D eigenvalue weighted by atomic mass is 79.9. The van der Waals surface area contributed by atoms with Crippen LogP contribution in [0.25, 0.3) is 0 Å². The standard InChI is InChI=1S/C14H15Br2NS/c1-9-10(2)18-14(17-9)7-12(8-15)11-3-5-13(16)6-4-11/h3-6,12H,7-8H2,1-2H3. The molecule has 18 heavy (non-hydrogen) atoms. The van der Waals surface area contributed by atoms with Crippen molar-refractivity contribution in [2.24, 2.45) is 0 Å². The fraction of sp³-hybridized carbons (Fsp3) is 0.357. The van der Waals surface area contributed by atoms with E-state index in [-0.39, 0.29) is 0 Å². The molecule has 0 bridgehead atoms. The van der Waals surface area contributed by atoms with Gasteiger partial charge in [0.05, 0.1) is 10.7 Å². The maximum absolute atomic E-state index is 4.63. The van der Waals surface area contributed by atoms with Crippen molar-refractivity contribution in [3.63, 3.8) is 0 Å². The van der Waals surface area contributed by atoms with Crippen molar-refractivity contribution in [1.29, 1.82) is 0 Å². The first kappa shape index (κ1) is 14.2. The van der Waals surface area contributed by atoms with Gasteiger partial charge < -0.3 is 0 Å². The number of thiazole rings is 1. The smallest absolute Gasteiger partial charge is 0.0937 e. The number of aryl methyl sites for hydroxylation is 2. The van der Waals surface area contributed by atoms with Crippen molar-refractivity contribution >= 4 is 43.2 Å². The van der Waals surface area contributed by atoms with Crippen molar-refractivity contribution in [1.82, 2.24) is 4.98 Å². The lowest BCUT2D eigenvalue weighted by molar-refractivity contribution is 0.768. The zero-order chi connectivity index (χ0) is 13.1. The minimum absolute atomic E-state index is 0.489. The van der Waals surface area contributed by atoms with Gasteiger partial charge in [-0.1, -0.05) is 44.0 Å². The van der Waals surface area contributed by atoms with Crippen LogP contribution in [0, 0.1) is 13.8 Å². The number of aromatic nitrogens is 1. The molecule has 1 unspecified atom stereocenters. The first-order valence-corrected chi connectivity index (χ1v) is 8.57. The average Bonchev–Trinajstić information content (AvgIpc) is 2.67. The molecule has 1 aromatic heterocycles. The largest absolute Gasteiger partial charge is 0.246 e. The van der Waals surface area contributed by atoms with Crippen LogP contribution in [0.15, 0.2) is 28.7 Å². The Kier molecular flexibility index (Phi) is 4.98. The minimum atomic E-state index is 0.489. The third-order valence-electron chi connectivity index (χ3n) is 3.02. The minimum Gasteiger partial charge on any atom is -0.246 e. The Bertz CT molecular complexity index is 500. The van der Waals surface area contributed by atoms with Gasteiger partial charge in [-0.05, 0) is 37.5 Å². The zero-order valence-corrected chi connectivity index (χ0v) is 14.4. The van der Waals surface area contributed by atoms with E-state index in [0.29, 0.717) is 5.92 Å². The second-order valence-electron chi connectivity index (χ2n) is 4.36. The molecule has 96 valence electrons. The summed E-state index contributed by atoms with van der Waals surface area (Å²) in [5, 5.41) is 2.20. The summed E-state index contributed by atoms with van der Waals surface area (Å²) >= 11 is 8.91. The first-order chi connectivity index (χ1) is 8.60. The van der Waals surface area contributed by atoms with Gasteiger partial charge >= 0.3 is 0 Å². The lowest BCUT2D eigenvalue weighted by Crippen LogP contribution is -2.04. The summed E-state index contributed by atoms with van der Waals surface area (Å²) in [5.41, 5.74) is 2.53. The number of rotatable bonds is 4. The molecule has 1 aromatic carbocycles. The summed E-state index contributed by atoms with van der Waals surface area (Å²) in [6.07, 6.45) is 1.01. The quantitative estimate of drug-likeness (QED) is 0.652. The lowest BCUT2D eigenvalue weighted by atomic mass is 9.98. The molecule has 1 heterocycles.